The Bertz CT molecular complexity index is 442. The van der Waals surface area contributed by atoms with E-state index in [0.29, 0.717) is 0 Å². The first-order valence-corrected chi connectivity index (χ1v) is 6.22. The minimum atomic E-state index is 0.722. The van der Waals surface area contributed by atoms with Crippen LogP contribution in [-0.4, -0.2) is 23.3 Å². The van der Waals surface area contributed by atoms with Gasteiger partial charge in [0.05, 0.1) is 11.9 Å². The van der Waals surface area contributed by atoms with Gasteiger partial charge in [0.2, 0.25) is 0 Å². The number of anilines is 1. The van der Waals surface area contributed by atoms with Crippen molar-refractivity contribution in [2.24, 2.45) is 0 Å². The van der Waals surface area contributed by atoms with Gasteiger partial charge in [-0.05, 0) is 24.3 Å². The van der Waals surface area contributed by atoms with E-state index in [-0.39, 0.29) is 0 Å². The molecule has 2 heterocycles. The Morgan fingerprint density at radius 3 is 2.53 bits per heavy atom. The van der Waals surface area contributed by atoms with Gasteiger partial charge in [-0.15, -0.1) is 0 Å². The highest BCUT2D eigenvalue weighted by atomic mass is 15.2. The smallest absolute Gasteiger partial charge is 0.0749 e. The number of rotatable bonds is 2. The molecule has 3 rings (SSSR count). The van der Waals surface area contributed by atoms with Crippen molar-refractivity contribution in [3.05, 3.63) is 48.3 Å². The lowest BCUT2D eigenvalue weighted by atomic mass is 9.89. The van der Waals surface area contributed by atoms with E-state index < -0.39 is 0 Å². The number of aromatic amines is 1. The van der Waals surface area contributed by atoms with Crippen molar-refractivity contribution < 1.29 is 0 Å². The molecule has 88 valence electrons. The van der Waals surface area contributed by atoms with Crippen molar-refractivity contribution in [3.8, 4) is 0 Å². The molecule has 0 amide bonds. The summed E-state index contributed by atoms with van der Waals surface area (Å²) in [5.41, 5.74) is 2.70. The average molecular weight is 227 g/mol. The minimum Gasteiger partial charge on any atom is -0.369 e. The maximum Gasteiger partial charge on any atom is 0.0749 e. The van der Waals surface area contributed by atoms with Crippen molar-refractivity contribution >= 4 is 5.69 Å². The van der Waals surface area contributed by atoms with Gasteiger partial charge in [0.15, 0.2) is 0 Å². The molecule has 3 heteroatoms. The van der Waals surface area contributed by atoms with E-state index in [1.807, 2.05) is 12.4 Å². The number of H-pyrrole nitrogens is 1. The third kappa shape index (κ3) is 2.18. The molecule has 0 bridgehead atoms. The van der Waals surface area contributed by atoms with Crippen LogP contribution in [-0.2, 0) is 0 Å². The number of piperidine rings is 1. The fraction of sp³-hybridized carbons (Fsp3) is 0.357. The first-order chi connectivity index (χ1) is 8.43. The zero-order valence-electron chi connectivity index (χ0n) is 9.84. The Kier molecular flexibility index (Phi) is 2.82. The molecule has 1 fully saturated rings. The van der Waals surface area contributed by atoms with Crippen molar-refractivity contribution in [3.63, 3.8) is 0 Å². The van der Waals surface area contributed by atoms with Gasteiger partial charge in [0, 0.05) is 19.3 Å². The molecule has 1 aliphatic heterocycles. The predicted molar refractivity (Wildman–Crippen MR) is 69.2 cm³/mol. The number of hydrogen-bond acceptors (Lipinski definition) is 2. The zero-order valence-corrected chi connectivity index (χ0v) is 9.84. The van der Waals surface area contributed by atoms with E-state index in [1.54, 1.807) is 0 Å². The molecule has 0 radical (unpaired) electrons. The molecule has 1 saturated heterocycles. The predicted octanol–water partition coefficient (Wildman–Crippen LogP) is 2.79. The fourth-order valence-electron chi connectivity index (χ4n) is 2.61. The molecule has 0 aliphatic carbocycles. The first-order valence-electron chi connectivity index (χ1n) is 6.22. The highest BCUT2D eigenvalue weighted by Gasteiger charge is 2.20. The molecular formula is C14H17N3. The molecule has 1 aliphatic rings. The van der Waals surface area contributed by atoms with Gasteiger partial charge in [-0.1, -0.05) is 30.3 Å². The quantitative estimate of drug-likeness (QED) is 0.855. The maximum absolute atomic E-state index is 4.01. The van der Waals surface area contributed by atoms with Gasteiger partial charge in [0.25, 0.3) is 0 Å². The van der Waals surface area contributed by atoms with Gasteiger partial charge in [0.1, 0.15) is 0 Å². The van der Waals surface area contributed by atoms with Crippen LogP contribution in [0.25, 0.3) is 0 Å². The molecule has 1 N–H and O–H groups in total. The molecule has 0 atom stereocenters. The van der Waals surface area contributed by atoms with Crippen LogP contribution in [0.15, 0.2) is 42.7 Å². The fourth-order valence-corrected chi connectivity index (χ4v) is 2.61. The van der Waals surface area contributed by atoms with Crippen LogP contribution in [0.2, 0.25) is 0 Å². The maximum atomic E-state index is 4.01. The molecule has 0 unspecified atom stereocenters. The molecule has 2 aromatic rings. The van der Waals surface area contributed by atoms with Gasteiger partial charge in [-0.3, -0.25) is 5.10 Å². The standard InChI is InChI=1S/C14H17N3/c1-2-4-12(5-3-1)13-6-8-17(9-7-13)14-10-15-16-11-14/h1-5,10-11,13H,6-9H2,(H,15,16). The second-order valence-electron chi connectivity index (χ2n) is 4.63. The van der Waals surface area contributed by atoms with Crippen LogP contribution in [0, 0.1) is 0 Å². The second kappa shape index (κ2) is 4.62. The van der Waals surface area contributed by atoms with Crippen LogP contribution < -0.4 is 4.90 Å². The monoisotopic (exact) mass is 227 g/mol. The Hall–Kier alpha value is -1.77. The summed E-state index contributed by atoms with van der Waals surface area (Å²) in [5, 5.41) is 6.89. The largest absolute Gasteiger partial charge is 0.369 e. The summed E-state index contributed by atoms with van der Waals surface area (Å²) < 4.78 is 0. The Morgan fingerprint density at radius 1 is 1.12 bits per heavy atom. The molecule has 17 heavy (non-hydrogen) atoms. The third-order valence-electron chi connectivity index (χ3n) is 3.61. The van der Waals surface area contributed by atoms with E-state index in [1.165, 1.54) is 24.1 Å². The van der Waals surface area contributed by atoms with Crippen LogP contribution in [0.4, 0.5) is 5.69 Å². The van der Waals surface area contributed by atoms with Crippen molar-refractivity contribution in [2.45, 2.75) is 18.8 Å². The summed E-state index contributed by atoms with van der Waals surface area (Å²) >= 11 is 0. The highest BCUT2D eigenvalue weighted by Crippen LogP contribution is 2.29. The molecule has 1 aromatic carbocycles. The summed E-state index contributed by atoms with van der Waals surface area (Å²) in [6.45, 7) is 2.25. The van der Waals surface area contributed by atoms with Crippen molar-refractivity contribution in [1.82, 2.24) is 10.2 Å². The molecular weight excluding hydrogens is 210 g/mol. The molecule has 3 nitrogen and oxygen atoms in total. The summed E-state index contributed by atoms with van der Waals surface area (Å²) in [5.74, 6) is 0.722. The number of benzene rings is 1. The number of nitrogens with zero attached hydrogens (tertiary/aromatic N) is 2. The lowest BCUT2D eigenvalue weighted by molar-refractivity contribution is 0.505. The van der Waals surface area contributed by atoms with E-state index in [0.717, 1.165) is 19.0 Å². The molecule has 1 aromatic heterocycles. The van der Waals surface area contributed by atoms with Gasteiger partial charge >= 0.3 is 0 Å². The van der Waals surface area contributed by atoms with E-state index >= 15 is 0 Å². The van der Waals surface area contributed by atoms with E-state index in [9.17, 15) is 0 Å². The number of nitrogens with one attached hydrogen (secondary N) is 1. The minimum absolute atomic E-state index is 0.722. The normalized spacial score (nSPS) is 17.3. The van der Waals surface area contributed by atoms with Crippen LogP contribution in [0.1, 0.15) is 24.3 Å². The summed E-state index contributed by atoms with van der Waals surface area (Å²) in [6.07, 6.45) is 6.34. The Balaban J connectivity index is 1.65. The van der Waals surface area contributed by atoms with Crippen molar-refractivity contribution in [2.75, 3.05) is 18.0 Å². The van der Waals surface area contributed by atoms with Gasteiger partial charge in [-0.2, -0.15) is 5.10 Å². The van der Waals surface area contributed by atoms with Crippen LogP contribution in [0.3, 0.4) is 0 Å². The first kappa shape index (κ1) is 10.4. The summed E-state index contributed by atoms with van der Waals surface area (Å²) in [6, 6.07) is 10.9. The third-order valence-corrected chi connectivity index (χ3v) is 3.61. The SMILES string of the molecule is c1ccc(C2CCN(c3cn[nH]c3)CC2)cc1. The topological polar surface area (TPSA) is 31.9 Å². The van der Waals surface area contributed by atoms with Gasteiger partial charge in [-0.25, -0.2) is 0 Å². The van der Waals surface area contributed by atoms with Crippen LogP contribution in [0.5, 0.6) is 0 Å². The number of hydrogen-bond donors (Lipinski definition) is 1. The lowest BCUT2D eigenvalue weighted by Crippen LogP contribution is -2.32. The molecule has 0 saturated carbocycles. The van der Waals surface area contributed by atoms with Crippen LogP contribution >= 0.6 is 0 Å². The Morgan fingerprint density at radius 2 is 1.88 bits per heavy atom. The zero-order chi connectivity index (χ0) is 11.5. The Labute approximate surface area is 101 Å². The second-order valence-corrected chi connectivity index (χ2v) is 4.63. The van der Waals surface area contributed by atoms with Crippen molar-refractivity contribution in [1.29, 1.82) is 0 Å². The molecule has 0 spiro atoms. The number of aromatic nitrogens is 2. The van der Waals surface area contributed by atoms with E-state index in [2.05, 4.69) is 45.4 Å². The van der Waals surface area contributed by atoms with Gasteiger partial charge < -0.3 is 4.90 Å². The highest BCUT2D eigenvalue weighted by molar-refractivity contribution is 5.42. The summed E-state index contributed by atoms with van der Waals surface area (Å²) in [4.78, 5) is 2.41. The lowest BCUT2D eigenvalue weighted by Gasteiger charge is -2.32. The van der Waals surface area contributed by atoms with E-state index in [4.69, 9.17) is 0 Å². The average Bonchev–Trinajstić information content (AvgIpc) is 2.94. The summed E-state index contributed by atoms with van der Waals surface area (Å²) in [7, 11) is 0.